The maximum Gasteiger partial charge on any atom is 0.164 e. The van der Waals surface area contributed by atoms with Crippen LogP contribution in [0.5, 0.6) is 17.2 Å². The molecule has 0 aliphatic carbocycles. The summed E-state index contributed by atoms with van der Waals surface area (Å²) in [5.41, 5.74) is 2.12. The van der Waals surface area contributed by atoms with Gasteiger partial charge in [0.2, 0.25) is 0 Å². The molecule has 27 heavy (non-hydrogen) atoms. The average Bonchev–Trinajstić information content (AvgIpc) is 2.69. The number of hydrogen-bond acceptors (Lipinski definition) is 5. The van der Waals surface area contributed by atoms with Crippen LogP contribution in [0.15, 0.2) is 36.4 Å². The van der Waals surface area contributed by atoms with Crippen molar-refractivity contribution < 1.29 is 23.3 Å². The van der Waals surface area contributed by atoms with Gasteiger partial charge in [0.25, 0.3) is 0 Å². The van der Waals surface area contributed by atoms with Crippen molar-refractivity contribution in [3.8, 4) is 17.2 Å². The summed E-state index contributed by atoms with van der Waals surface area (Å²) in [4.78, 5) is 2.33. The van der Waals surface area contributed by atoms with Crippen LogP contribution < -0.4 is 14.2 Å². The Morgan fingerprint density at radius 3 is 2.33 bits per heavy atom. The Morgan fingerprint density at radius 1 is 1.00 bits per heavy atom. The minimum Gasteiger partial charge on any atom is -0.496 e. The lowest BCUT2D eigenvalue weighted by Gasteiger charge is -2.33. The summed E-state index contributed by atoms with van der Waals surface area (Å²) in [6.07, 6.45) is 0.843. The molecule has 0 amide bonds. The van der Waals surface area contributed by atoms with E-state index in [0.29, 0.717) is 18.1 Å². The summed E-state index contributed by atoms with van der Waals surface area (Å²) >= 11 is 0. The third-order valence-electron chi connectivity index (χ3n) is 4.78. The predicted octanol–water partition coefficient (Wildman–Crippen LogP) is 3.30. The summed E-state index contributed by atoms with van der Waals surface area (Å²) in [5.74, 6) is 1.89. The van der Waals surface area contributed by atoms with E-state index in [0.717, 1.165) is 42.9 Å². The van der Waals surface area contributed by atoms with E-state index in [4.69, 9.17) is 18.9 Å². The Hall–Kier alpha value is -2.31. The lowest BCUT2D eigenvalue weighted by Crippen LogP contribution is -2.42. The highest BCUT2D eigenvalue weighted by molar-refractivity contribution is 5.50. The molecule has 1 aliphatic rings. The second-order valence-corrected chi connectivity index (χ2v) is 6.58. The minimum atomic E-state index is -0.217. The highest BCUT2D eigenvalue weighted by Gasteiger charge is 2.23. The van der Waals surface area contributed by atoms with Crippen molar-refractivity contribution in [1.29, 1.82) is 0 Å². The van der Waals surface area contributed by atoms with Crippen molar-refractivity contribution in [1.82, 2.24) is 4.90 Å². The van der Waals surface area contributed by atoms with Gasteiger partial charge in [-0.2, -0.15) is 0 Å². The Labute approximate surface area is 159 Å². The van der Waals surface area contributed by atoms with Gasteiger partial charge in [0.1, 0.15) is 11.6 Å². The molecule has 1 fully saturated rings. The van der Waals surface area contributed by atoms with Crippen molar-refractivity contribution in [2.24, 2.45) is 0 Å². The molecule has 146 valence electrons. The van der Waals surface area contributed by atoms with E-state index in [1.807, 2.05) is 24.3 Å². The Morgan fingerprint density at radius 2 is 1.67 bits per heavy atom. The summed E-state index contributed by atoms with van der Waals surface area (Å²) in [5, 5.41) is 0. The maximum absolute atomic E-state index is 13.1. The molecule has 0 N–H and O–H groups in total. The summed E-state index contributed by atoms with van der Waals surface area (Å²) in [6.45, 7) is 3.04. The quantitative estimate of drug-likeness (QED) is 0.743. The van der Waals surface area contributed by atoms with E-state index in [-0.39, 0.29) is 11.9 Å². The van der Waals surface area contributed by atoms with Crippen LogP contribution in [0.2, 0.25) is 0 Å². The van der Waals surface area contributed by atoms with Crippen molar-refractivity contribution >= 4 is 0 Å². The lowest BCUT2D eigenvalue weighted by molar-refractivity contribution is -0.0306. The van der Waals surface area contributed by atoms with Crippen LogP contribution >= 0.6 is 0 Å². The van der Waals surface area contributed by atoms with Crippen molar-refractivity contribution in [2.45, 2.75) is 19.1 Å². The molecule has 1 saturated heterocycles. The average molecular weight is 375 g/mol. The second kappa shape index (κ2) is 9.06. The van der Waals surface area contributed by atoms with Gasteiger partial charge < -0.3 is 18.9 Å². The van der Waals surface area contributed by atoms with E-state index >= 15 is 0 Å². The first kappa shape index (κ1) is 19.5. The number of morpholine rings is 1. The zero-order chi connectivity index (χ0) is 19.2. The lowest BCUT2D eigenvalue weighted by atomic mass is 10.1. The third kappa shape index (κ3) is 4.90. The summed E-state index contributed by atoms with van der Waals surface area (Å²) in [6, 6.07) is 10.4. The van der Waals surface area contributed by atoms with Gasteiger partial charge in [0, 0.05) is 31.3 Å². The molecule has 3 rings (SSSR count). The molecule has 0 spiro atoms. The molecule has 0 unspecified atom stereocenters. The molecule has 0 radical (unpaired) electrons. The smallest absolute Gasteiger partial charge is 0.164 e. The fraction of sp³-hybridized carbons (Fsp3) is 0.429. The van der Waals surface area contributed by atoms with Crippen molar-refractivity contribution in [3.05, 3.63) is 53.3 Å². The topological polar surface area (TPSA) is 40.2 Å². The molecule has 2 aromatic rings. The highest BCUT2D eigenvalue weighted by atomic mass is 19.1. The zero-order valence-corrected chi connectivity index (χ0v) is 16.0. The van der Waals surface area contributed by atoms with Crippen molar-refractivity contribution in [2.75, 3.05) is 41.0 Å². The van der Waals surface area contributed by atoms with E-state index in [1.165, 1.54) is 12.1 Å². The first-order valence-electron chi connectivity index (χ1n) is 9.00. The van der Waals surface area contributed by atoms with Crippen LogP contribution in [0.4, 0.5) is 4.39 Å². The van der Waals surface area contributed by atoms with E-state index in [1.54, 1.807) is 21.3 Å². The van der Waals surface area contributed by atoms with Gasteiger partial charge in [-0.15, -0.1) is 0 Å². The Bertz CT molecular complexity index is 751. The number of rotatable bonds is 7. The number of halogens is 1. The molecule has 1 atom stereocenters. The first-order chi connectivity index (χ1) is 13.1. The van der Waals surface area contributed by atoms with Gasteiger partial charge in [0.05, 0.1) is 34.0 Å². The predicted molar refractivity (Wildman–Crippen MR) is 101 cm³/mol. The molecule has 0 bridgehead atoms. The van der Waals surface area contributed by atoms with Crippen LogP contribution in [0, 0.1) is 5.82 Å². The van der Waals surface area contributed by atoms with Crippen molar-refractivity contribution in [3.63, 3.8) is 0 Å². The molecular weight excluding hydrogens is 349 g/mol. The van der Waals surface area contributed by atoms with Crippen LogP contribution in [-0.4, -0.2) is 52.0 Å². The summed E-state index contributed by atoms with van der Waals surface area (Å²) < 4.78 is 35.3. The molecule has 5 nitrogen and oxygen atoms in total. The van der Waals surface area contributed by atoms with E-state index < -0.39 is 0 Å². The number of methoxy groups -OCH3 is 3. The molecule has 6 heteroatoms. The fourth-order valence-electron chi connectivity index (χ4n) is 3.39. The van der Waals surface area contributed by atoms with Crippen LogP contribution in [-0.2, 0) is 17.7 Å². The van der Waals surface area contributed by atoms with Gasteiger partial charge in [0.15, 0.2) is 11.5 Å². The number of benzene rings is 2. The number of nitrogens with zero attached hydrogens (tertiary/aromatic N) is 1. The number of hydrogen-bond donors (Lipinski definition) is 0. The Kier molecular flexibility index (Phi) is 6.53. The monoisotopic (exact) mass is 375 g/mol. The third-order valence-corrected chi connectivity index (χ3v) is 4.78. The SMILES string of the molecule is COc1cc(OC)c(OC)cc1CN1CCO[C@H](Cc2ccc(F)cc2)C1. The van der Waals surface area contributed by atoms with Gasteiger partial charge in [-0.25, -0.2) is 4.39 Å². The van der Waals surface area contributed by atoms with Gasteiger partial charge in [-0.1, -0.05) is 12.1 Å². The largest absolute Gasteiger partial charge is 0.496 e. The first-order valence-corrected chi connectivity index (χ1v) is 9.00. The normalized spacial score (nSPS) is 17.6. The zero-order valence-electron chi connectivity index (χ0n) is 16.0. The molecular formula is C21H26FNO4. The standard InChI is InChI=1S/C21H26FNO4/c1-24-19-12-21(26-3)20(25-2)11-16(19)13-23-8-9-27-18(14-23)10-15-4-6-17(22)7-5-15/h4-7,11-12,18H,8-10,13-14H2,1-3H3/t18-/m1/s1. The van der Waals surface area contributed by atoms with Crippen LogP contribution in [0.25, 0.3) is 0 Å². The van der Waals surface area contributed by atoms with Crippen LogP contribution in [0.1, 0.15) is 11.1 Å². The molecule has 1 aliphatic heterocycles. The molecule has 0 aromatic heterocycles. The second-order valence-electron chi connectivity index (χ2n) is 6.58. The Balaban J connectivity index is 1.69. The minimum absolute atomic E-state index is 0.0790. The molecule has 1 heterocycles. The van der Waals surface area contributed by atoms with E-state index in [2.05, 4.69) is 4.90 Å². The van der Waals surface area contributed by atoms with Gasteiger partial charge >= 0.3 is 0 Å². The number of ether oxygens (including phenoxy) is 4. The maximum atomic E-state index is 13.1. The molecule has 2 aromatic carbocycles. The summed E-state index contributed by atoms with van der Waals surface area (Å²) in [7, 11) is 4.89. The van der Waals surface area contributed by atoms with Crippen LogP contribution in [0.3, 0.4) is 0 Å². The van der Waals surface area contributed by atoms with E-state index in [9.17, 15) is 4.39 Å². The fourth-order valence-corrected chi connectivity index (χ4v) is 3.39. The van der Waals surface area contributed by atoms with Gasteiger partial charge in [-0.3, -0.25) is 4.90 Å². The molecule has 0 saturated carbocycles. The van der Waals surface area contributed by atoms with Gasteiger partial charge in [-0.05, 0) is 30.2 Å². The highest BCUT2D eigenvalue weighted by Crippen LogP contribution is 2.35.